The maximum atomic E-state index is 13.1. The van der Waals surface area contributed by atoms with Crippen LogP contribution in [-0.2, 0) is 16.1 Å². The zero-order chi connectivity index (χ0) is 23.1. The zero-order valence-corrected chi connectivity index (χ0v) is 20.2. The van der Waals surface area contributed by atoms with E-state index < -0.39 is 6.04 Å². The van der Waals surface area contributed by atoms with Crippen molar-refractivity contribution in [3.8, 4) is 5.75 Å². The van der Waals surface area contributed by atoms with Crippen molar-refractivity contribution in [1.82, 2.24) is 10.2 Å². The fraction of sp³-hybridized carbons (Fsp3) is 0.417. The molecule has 0 spiro atoms. The van der Waals surface area contributed by atoms with Crippen LogP contribution >= 0.6 is 23.2 Å². The smallest absolute Gasteiger partial charge is 0.261 e. The minimum Gasteiger partial charge on any atom is -0.484 e. The Kier molecular flexibility index (Phi) is 9.20. The zero-order valence-electron chi connectivity index (χ0n) is 18.7. The molecule has 0 aromatic heterocycles. The second-order valence-corrected chi connectivity index (χ2v) is 8.96. The SMILES string of the molecule is Cc1cc(C)cc(OCC(=O)N(Cc2c(Cl)cccc2Cl)C(C)C(=O)NCC(C)C)c1. The summed E-state index contributed by atoms with van der Waals surface area (Å²) in [5, 5.41) is 3.76. The van der Waals surface area contributed by atoms with Gasteiger partial charge in [0.2, 0.25) is 5.91 Å². The highest BCUT2D eigenvalue weighted by atomic mass is 35.5. The average Bonchev–Trinajstić information content (AvgIpc) is 2.69. The van der Waals surface area contributed by atoms with Crippen LogP contribution < -0.4 is 10.1 Å². The number of nitrogens with zero attached hydrogens (tertiary/aromatic N) is 1. The molecule has 2 rings (SSSR count). The molecule has 5 nitrogen and oxygen atoms in total. The molecule has 0 saturated carbocycles. The van der Waals surface area contributed by atoms with Gasteiger partial charge in [0.25, 0.3) is 5.91 Å². The highest BCUT2D eigenvalue weighted by molar-refractivity contribution is 6.36. The van der Waals surface area contributed by atoms with Crippen LogP contribution in [0.15, 0.2) is 36.4 Å². The van der Waals surface area contributed by atoms with Gasteiger partial charge in [0.05, 0.1) is 0 Å². The predicted molar refractivity (Wildman–Crippen MR) is 126 cm³/mol. The van der Waals surface area contributed by atoms with Gasteiger partial charge >= 0.3 is 0 Å². The molecule has 0 aliphatic carbocycles. The Balaban J connectivity index is 2.22. The molecule has 0 heterocycles. The largest absolute Gasteiger partial charge is 0.484 e. The average molecular weight is 465 g/mol. The summed E-state index contributed by atoms with van der Waals surface area (Å²) in [6, 6.07) is 10.2. The van der Waals surface area contributed by atoms with Crippen LogP contribution in [0.1, 0.15) is 37.5 Å². The van der Waals surface area contributed by atoms with Gasteiger partial charge in [-0.05, 0) is 62.1 Å². The maximum Gasteiger partial charge on any atom is 0.261 e. The van der Waals surface area contributed by atoms with Gasteiger partial charge in [-0.3, -0.25) is 9.59 Å². The normalized spacial score (nSPS) is 11.9. The second kappa shape index (κ2) is 11.4. The minimum atomic E-state index is -0.721. The fourth-order valence-electron chi connectivity index (χ4n) is 3.13. The van der Waals surface area contributed by atoms with Crippen molar-refractivity contribution in [2.45, 2.75) is 47.2 Å². The number of benzene rings is 2. The molecule has 1 atom stereocenters. The van der Waals surface area contributed by atoms with E-state index >= 15 is 0 Å². The Labute approximate surface area is 194 Å². The lowest BCUT2D eigenvalue weighted by Gasteiger charge is -2.29. The summed E-state index contributed by atoms with van der Waals surface area (Å²) in [5.74, 6) is 0.337. The molecular weight excluding hydrogens is 435 g/mol. The lowest BCUT2D eigenvalue weighted by Crippen LogP contribution is -2.49. The number of rotatable bonds is 9. The molecule has 7 heteroatoms. The quantitative estimate of drug-likeness (QED) is 0.555. The van der Waals surface area contributed by atoms with Gasteiger partial charge in [-0.25, -0.2) is 0 Å². The Morgan fingerprint density at radius 1 is 1.03 bits per heavy atom. The van der Waals surface area contributed by atoms with Crippen molar-refractivity contribution < 1.29 is 14.3 Å². The van der Waals surface area contributed by atoms with Crippen LogP contribution in [0.5, 0.6) is 5.75 Å². The standard InChI is InChI=1S/C24H30Cl2N2O3/c1-15(2)12-27-24(30)18(5)28(13-20-21(25)7-6-8-22(20)26)23(29)14-31-19-10-16(3)9-17(4)11-19/h6-11,15,18H,12-14H2,1-5H3,(H,27,30). The highest BCUT2D eigenvalue weighted by Gasteiger charge is 2.28. The van der Waals surface area contributed by atoms with Gasteiger partial charge in [0, 0.05) is 28.7 Å². The first-order valence-electron chi connectivity index (χ1n) is 10.3. The number of carbonyl (C=O) groups excluding carboxylic acids is 2. The highest BCUT2D eigenvalue weighted by Crippen LogP contribution is 2.26. The molecule has 0 saturated heterocycles. The molecule has 168 valence electrons. The van der Waals surface area contributed by atoms with Crippen molar-refractivity contribution in [3.05, 3.63) is 63.1 Å². The molecule has 0 radical (unpaired) electrons. The Hall–Kier alpha value is -2.24. The minimum absolute atomic E-state index is 0.101. The second-order valence-electron chi connectivity index (χ2n) is 8.15. The van der Waals surface area contributed by atoms with Gasteiger partial charge in [0.1, 0.15) is 11.8 Å². The van der Waals surface area contributed by atoms with Crippen LogP contribution in [0.2, 0.25) is 10.0 Å². The Morgan fingerprint density at radius 2 is 1.61 bits per heavy atom. The van der Waals surface area contributed by atoms with Gasteiger partial charge in [0.15, 0.2) is 6.61 Å². The lowest BCUT2D eigenvalue weighted by atomic mass is 10.1. The summed E-state index contributed by atoms with van der Waals surface area (Å²) < 4.78 is 5.75. The van der Waals surface area contributed by atoms with E-state index in [9.17, 15) is 9.59 Å². The van der Waals surface area contributed by atoms with Crippen molar-refractivity contribution >= 4 is 35.0 Å². The third-order valence-electron chi connectivity index (χ3n) is 4.80. The third kappa shape index (κ3) is 7.44. The van der Waals surface area contributed by atoms with Gasteiger partial charge in [-0.15, -0.1) is 0 Å². The fourth-order valence-corrected chi connectivity index (χ4v) is 3.65. The summed E-state index contributed by atoms with van der Waals surface area (Å²) in [6.07, 6.45) is 0. The summed E-state index contributed by atoms with van der Waals surface area (Å²) >= 11 is 12.6. The molecule has 31 heavy (non-hydrogen) atoms. The van der Waals surface area contributed by atoms with Gasteiger partial charge in [-0.1, -0.05) is 49.2 Å². The summed E-state index contributed by atoms with van der Waals surface area (Å²) in [6.45, 7) is 10.1. The summed E-state index contributed by atoms with van der Waals surface area (Å²) in [5.41, 5.74) is 2.68. The van der Waals surface area contributed by atoms with Crippen LogP contribution in [0.4, 0.5) is 0 Å². The topological polar surface area (TPSA) is 58.6 Å². The molecule has 2 amide bonds. The number of ether oxygens (including phenoxy) is 1. The molecule has 0 aliphatic rings. The van der Waals surface area contributed by atoms with Crippen molar-refractivity contribution in [2.24, 2.45) is 5.92 Å². The number of nitrogens with one attached hydrogen (secondary N) is 1. The first kappa shape index (κ1) is 25.0. The van der Waals surface area contributed by atoms with Crippen molar-refractivity contribution in [2.75, 3.05) is 13.2 Å². The number of aryl methyl sites for hydroxylation is 2. The molecule has 2 aromatic rings. The van der Waals surface area contributed by atoms with E-state index in [1.54, 1.807) is 25.1 Å². The number of halogens is 2. The number of carbonyl (C=O) groups is 2. The van der Waals surface area contributed by atoms with E-state index in [0.29, 0.717) is 33.8 Å². The Bertz CT molecular complexity index is 891. The summed E-state index contributed by atoms with van der Waals surface area (Å²) in [7, 11) is 0. The first-order valence-corrected chi connectivity index (χ1v) is 11.0. The number of amides is 2. The number of hydrogen-bond donors (Lipinski definition) is 1. The van der Waals surface area contributed by atoms with Crippen LogP contribution in [0.3, 0.4) is 0 Å². The Morgan fingerprint density at radius 3 is 2.16 bits per heavy atom. The summed E-state index contributed by atoms with van der Waals surface area (Å²) in [4.78, 5) is 27.3. The van der Waals surface area contributed by atoms with E-state index in [2.05, 4.69) is 5.32 Å². The van der Waals surface area contributed by atoms with Crippen LogP contribution in [0, 0.1) is 19.8 Å². The lowest BCUT2D eigenvalue weighted by molar-refractivity contribution is -0.142. The van der Waals surface area contributed by atoms with Crippen LogP contribution in [-0.4, -0.2) is 35.9 Å². The molecule has 0 bridgehead atoms. The van der Waals surface area contributed by atoms with Gasteiger partial charge in [-0.2, -0.15) is 0 Å². The van der Waals surface area contributed by atoms with Crippen LogP contribution in [0.25, 0.3) is 0 Å². The molecule has 1 N–H and O–H groups in total. The van der Waals surface area contributed by atoms with E-state index in [1.807, 2.05) is 45.9 Å². The van der Waals surface area contributed by atoms with Crippen molar-refractivity contribution in [1.29, 1.82) is 0 Å². The van der Waals surface area contributed by atoms with Crippen molar-refractivity contribution in [3.63, 3.8) is 0 Å². The first-order chi connectivity index (χ1) is 14.6. The molecular formula is C24H30Cl2N2O3. The maximum absolute atomic E-state index is 13.1. The monoisotopic (exact) mass is 464 g/mol. The predicted octanol–water partition coefficient (Wildman–Crippen LogP) is 5.18. The van der Waals surface area contributed by atoms with E-state index in [0.717, 1.165) is 11.1 Å². The van der Waals surface area contributed by atoms with Gasteiger partial charge < -0.3 is 15.0 Å². The molecule has 1 unspecified atom stereocenters. The third-order valence-corrected chi connectivity index (χ3v) is 5.51. The van der Waals surface area contributed by atoms with E-state index in [-0.39, 0.29) is 25.0 Å². The molecule has 2 aromatic carbocycles. The van der Waals surface area contributed by atoms with E-state index in [1.165, 1.54) is 4.90 Å². The van der Waals surface area contributed by atoms with E-state index in [4.69, 9.17) is 27.9 Å². The molecule has 0 fully saturated rings. The molecule has 0 aliphatic heterocycles. The number of hydrogen-bond acceptors (Lipinski definition) is 3.